The number of anilines is 1. The van der Waals surface area contributed by atoms with Crippen molar-refractivity contribution in [2.75, 3.05) is 19.0 Å². The molecule has 1 N–H and O–H groups in total. The molecule has 0 aliphatic heterocycles. The van der Waals surface area contributed by atoms with Crippen LogP contribution in [0.5, 0.6) is 5.75 Å². The van der Waals surface area contributed by atoms with Crippen LogP contribution in [0, 0.1) is 0 Å². The van der Waals surface area contributed by atoms with Crippen molar-refractivity contribution >= 4 is 17.6 Å². The van der Waals surface area contributed by atoms with E-state index in [-0.39, 0.29) is 17.6 Å². The number of ether oxygens (including phenoxy) is 3. The first-order valence-corrected chi connectivity index (χ1v) is 9.26. The highest BCUT2D eigenvalue weighted by atomic mass is 16.5. The van der Waals surface area contributed by atoms with Crippen molar-refractivity contribution in [1.29, 1.82) is 0 Å². The number of methoxy groups -OCH3 is 1. The van der Waals surface area contributed by atoms with Gasteiger partial charge in [0.1, 0.15) is 16.9 Å². The first kappa shape index (κ1) is 20.2. The van der Waals surface area contributed by atoms with E-state index >= 15 is 0 Å². The molecule has 1 aliphatic carbocycles. The normalized spacial score (nSPS) is 16.2. The van der Waals surface area contributed by atoms with E-state index in [1.807, 2.05) is 20.8 Å². The molecular formula is C20H29NO5. The van der Waals surface area contributed by atoms with Gasteiger partial charge in [0.25, 0.3) is 5.91 Å². The molecule has 0 aromatic heterocycles. The minimum absolute atomic E-state index is 0.0812. The van der Waals surface area contributed by atoms with Crippen LogP contribution in [0.3, 0.4) is 0 Å². The van der Waals surface area contributed by atoms with Crippen LogP contribution in [0.15, 0.2) is 18.2 Å². The number of esters is 1. The van der Waals surface area contributed by atoms with E-state index in [9.17, 15) is 9.59 Å². The smallest absolute Gasteiger partial charge is 0.341 e. The molecule has 1 aromatic carbocycles. The summed E-state index contributed by atoms with van der Waals surface area (Å²) < 4.78 is 16.4. The van der Waals surface area contributed by atoms with Gasteiger partial charge in [0, 0.05) is 12.3 Å². The van der Waals surface area contributed by atoms with E-state index in [4.69, 9.17) is 14.2 Å². The van der Waals surface area contributed by atoms with Gasteiger partial charge in [-0.05, 0) is 51.8 Å². The summed E-state index contributed by atoms with van der Waals surface area (Å²) in [6.45, 7) is 6.15. The SMILES string of the molecule is CCOC1(C(=O)Nc2ccc(OC(C)C)c(C(=O)OC)c2)CCCCC1. The summed E-state index contributed by atoms with van der Waals surface area (Å²) in [6.07, 6.45) is 4.41. The van der Waals surface area contributed by atoms with E-state index in [0.29, 0.717) is 30.9 Å². The lowest BCUT2D eigenvalue weighted by Crippen LogP contribution is -2.47. The van der Waals surface area contributed by atoms with Crippen LogP contribution in [0.1, 0.15) is 63.2 Å². The molecule has 0 atom stereocenters. The van der Waals surface area contributed by atoms with Crippen molar-refractivity contribution in [3.63, 3.8) is 0 Å². The summed E-state index contributed by atoms with van der Waals surface area (Å²) in [5.74, 6) is -0.233. The van der Waals surface area contributed by atoms with Gasteiger partial charge in [-0.3, -0.25) is 4.79 Å². The summed E-state index contributed by atoms with van der Waals surface area (Å²) in [5, 5.41) is 2.91. The molecule has 0 heterocycles. The Morgan fingerprint density at radius 1 is 1.19 bits per heavy atom. The van der Waals surface area contributed by atoms with Gasteiger partial charge in [-0.1, -0.05) is 19.3 Å². The molecule has 6 nitrogen and oxygen atoms in total. The Morgan fingerprint density at radius 2 is 1.88 bits per heavy atom. The lowest BCUT2D eigenvalue weighted by atomic mass is 9.83. The third kappa shape index (κ3) is 4.75. The second kappa shape index (κ2) is 9.03. The summed E-state index contributed by atoms with van der Waals surface area (Å²) in [4.78, 5) is 25.0. The van der Waals surface area contributed by atoms with Gasteiger partial charge < -0.3 is 19.5 Å². The Bertz CT molecular complexity index is 630. The molecule has 0 radical (unpaired) electrons. The summed E-state index contributed by atoms with van der Waals surface area (Å²) in [7, 11) is 1.32. The highest BCUT2D eigenvalue weighted by Crippen LogP contribution is 2.33. The van der Waals surface area contributed by atoms with Gasteiger partial charge in [-0.2, -0.15) is 0 Å². The third-order valence-electron chi connectivity index (χ3n) is 4.50. The first-order valence-electron chi connectivity index (χ1n) is 9.26. The highest BCUT2D eigenvalue weighted by Gasteiger charge is 2.40. The molecule has 0 spiro atoms. The lowest BCUT2D eigenvalue weighted by molar-refractivity contribution is -0.145. The van der Waals surface area contributed by atoms with Crippen LogP contribution in [0.4, 0.5) is 5.69 Å². The number of carbonyl (C=O) groups is 2. The van der Waals surface area contributed by atoms with Crippen LogP contribution >= 0.6 is 0 Å². The number of carbonyl (C=O) groups excluding carboxylic acids is 2. The number of hydrogen-bond donors (Lipinski definition) is 1. The average molecular weight is 363 g/mol. The largest absolute Gasteiger partial charge is 0.490 e. The highest BCUT2D eigenvalue weighted by molar-refractivity contribution is 5.99. The quantitative estimate of drug-likeness (QED) is 0.743. The van der Waals surface area contributed by atoms with E-state index in [2.05, 4.69) is 5.32 Å². The van der Waals surface area contributed by atoms with E-state index < -0.39 is 11.6 Å². The topological polar surface area (TPSA) is 73.9 Å². The fourth-order valence-electron chi connectivity index (χ4n) is 3.32. The van der Waals surface area contributed by atoms with E-state index in [0.717, 1.165) is 19.3 Å². The molecule has 1 saturated carbocycles. The van der Waals surface area contributed by atoms with Gasteiger partial charge in [0.15, 0.2) is 0 Å². The van der Waals surface area contributed by atoms with Crippen molar-refractivity contribution in [2.45, 2.75) is 64.6 Å². The Labute approximate surface area is 155 Å². The zero-order valence-corrected chi connectivity index (χ0v) is 16.1. The molecule has 0 unspecified atom stereocenters. The Kier molecular flexibility index (Phi) is 7.03. The zero-order valence-electron chi connectivity index (χ0n) is 16.1. The van der Waals surface area contributed by atoms with Crippen molar-refractivity contribution < 1.29 is 23.8 Å². The van der Waals surface area contributed by atoms with E-state index in [1.54, 1.807) is 18.2 Å². The van der Waals surface area contributed by atoms with Gasteiger partial charge >= 0.3 is 5.97 Å². The summed E-state index contributed by atoms with van der Waals surface area (Å²) in [5.41, 5.74) is 0.0233. The predicted molar refractivity (Wildman–Crippen MR) is 99.6 cm³/mol. The monoisotopic (exact) mass is 363 g/mol. The number of amides is 1. The molecule has 1 fully saturated rings. The fourth-order valence-corrected chi connectivity index (χ4v) is 3.32. The summed E-state index contributed by atoms with van der Waals surface area (Å²) >= 11 is 0. The Balaban J connectivity index is 2.24. The number of hydrogen-bond acceptors (Lipinski definition) is 5. The van der Waals surface area contributed by atoms with Gasteiger partial charge in [0.2, 0.25) is 0 Å². The minimum atomic E-state index is -0.786. The molecule has 2 rings (SSSR count). The molecule has 1 amide bonds. The number of nitrogens with one attached hydrogen (secondary N) is 1. The van der Waals surface area contributed by atoms with Crippen molar-refractivity contribution in [3.05, 3.63) is 23.8 Å². The maximum Gasteiger partial charge on any atom is 0.341 e. The maximum atomic E-state index is 12.9. The standard InChI is InChI=1S/C20H29NO5/c1-5-25-20(11-7-6-8-12-20)19(23)21-15-9-10-17(26-14(2)3)16(13-15)18(22)24-4/h9-10,13-14H,5-8,11-12H2,1-4H3,(H,21,23). The predicted octanol–water partition coefficient (Wildman–Crippen LogP) is 3.94. The third-order valence-corrected chi connectivity index (χ3v) is 4.50. The van der Waals surface area contributed by atoms with Gasteiger partial charge in [0.05, 0.1) is 13.2 Å². The van der Waals surface area contributed by atoms with Crippen molar-refractivity contribution in [1.82, 2.24) is 0 Å². The molecule has 144 valence electrons. The molecule has 26 heavy (non-hydrogen) atoms. The fraction of sp³-hybridized carbons (Fsp3) is 0.600. The maximum absolute atomic E-state index is 12.9. The number of benzene rings is 1. The van der Waals surface area contributed by atoms with Gasteiger partial charge in [-0.25, -0.2) is 4.79 Å². The molecule has 1 aliphatic rings. The van der Waals surface area contributed by atoms with Crippen LogP contribution in [-0.4, -0.2) is 37.3 Å². The van der Waals surface area contributed by atoms with Crippen LogP contribution in [0.2, 0.25) is 0 Å². The second-order valence-electron chi connectivity index (χ2n) is 6.81. The van der Waals surface area contributed by atoms with E-state index in [1.165, 1.54) is 7.11 Å². The first-order chi connectivity index (χ1) is 12.4. The molecule has 0 saturated heterocycles. The molecule has 0 bridgehead atoms. The average Bonchev–Trinajstić information content (AvgIpc) is 2.63. The lowest BCUT2D eigenvalue weighted by Gasteiger charge is -2.35. The van der Waals surface area contributed by atoms with Crippen LogP contribution in [-0.2, 0) is 14.3 Å². The Hall–Kier alpha value is -2.08. The zero-order chi connectivity index (χ0) is 19.2. The van der Waals surface area contributed by atoms with Gasteiger partial charge in [-0.15, -0.1) is 0 Å². The minimum Gasteiger partial charge on any atom is -0.490 e. The molecule has 6 heteroatoms. The van der Waals surface area contributed by atoms with Crippen LogP contribution < -0.4 is 10.1 Å². The molecule has 1 aromatic rings. The van der Waals surface area contributed by atoms with Crippen molar-refractivity contribution in [2.24, 2.45) is 0 Å². The summed E-state index contributed by atoms with van der Waals surface area (Å²) in [6, 6.07) is 4.99. The van der Waals surface area contributed by atoms with Crippen LogP contribution in [0.25, 0.3) is 0 Å². The Morgan fingerprint density at radius 3 is 2.46 bits per heavy atom. The number of rotatable bonds is 7. The second-order valence-corrected chi connectivity index (χ2v) is 6.81. The molecular weight excluding hydrogens is 334 g/mol. The van der Waals surface area contributed by atoms with Crippen molar-refractivity contribution in [3.8, 4) is 5.75 Å².